The van der Waals surface area contributed by atoms with E-state index in [1.54, 1.807) is 0 Å². The minimum atomic E-state index is 0.176. The van der Waals surface area contributed by atoms with E-state index in [1.807, 2.05) is 18.4 Å². The van der Waals surface area contributed by atoms with Crippen LogP contribution in [0.1, 0.15) is 26.6 Å². The van der Waals surface area contributed by atoms with Crippen LogP contribution in [-0.4, -0.2) is 27.5 Å². The Labute approximate surface area is 89.3 Å². The number of nitrogens with zero attached hydrogens (tertiary/aromatic N) is 2. The molecule has 1 aromatic rings. The van der Waals surface area contributed by atoms with Crippen molar-refractivity contribution in [1.29, 1.82) is 0 Å². The zero-order chi connectivity index (χ0) is 10.6. The summed E-state index contributed by atoms with van der Waals surface area (Å²) in [5.41, 5.74) is 0. The van der Waals surface area contributed by atoms with Gasteiger partial charge in [0.05, 0.1) is 12.6 Å². The van der Waals surface area contributed by atoms with E-state index in [4.69, 9.17) is 17.0 Å². The average molecular weight is 215 g/mol. The molecular formula is C9H17N3OS. The Morgan fingerprint density at radius 1 is 1.57 bits per heavy atom. The highest BCUT2D eigenvalue weighted by atomic mass is 32.1. The molecule has 0 fully saturated rings. The molecule has 0 aliphatic rings. The zero-order valence-corrected chi connectivity index (χ0v) is 9.73. The minimum absolute atomic E-state index is 0.176. The first kappa shape index (κ1) is 11.4. The van der Waals surface area contributed by atoms with Crippen LogP contribution in [0, 0.1) is 4.77 Å². The fourth-order valence-electron chi connectivity index (χ4n) is 1.40. The van der Waals surface area contributed by atoms with Crippen LogP contribution >= 0.6 is 12.2 Å². The summed E-state index contributed by atoms with van der Waals surface area (Å²) in [7, 11) is 0. The maximum Gasteiger partial charge on any atom is 0.195 e. The molecule has 0 aliphatic heterocycles. The van der Waals surface area contributed by atoms with Crippen molar-refractivity contribution in [2.75, 3.05) is 6.61 Å². The fraction of sp³-hybridized carbons (Fsp3) is 0.778. The van der Waals surface area contributed by atoms with E-state index in [9.17, 15) is 0 Å². The summed E-state index contributed by atoms with van der Waals surface area (Å²) in [5, 5.41) is 6.93. The van der Waals surface area contributed by atoms with Gasteiger partial charge in [0.25, 0.3) is 0 Å². The zero-order valence-electron chi connectivity index (χ0n) is 8.91. The van der Waals surface area contributed by atoms with Crippen LogP contribution in [0.5, 0.6) is 0 Å². The van der Waals surface area contributed by atoms with E-state index in [-0.39, 0.29) is 6.10 Å². The molecule has 0 aliphatic carbocycles. The molecule has 0 spiro atoms. The number of rotatable bonds is 5. The lowest BCUT2D eigenvalue weighted by Crippen LogP contribution is -2.18. The second-order valence-electron chi connectivity index (χ2n) is 3.18. The summed E-state index contributed by atoms with van der Waals surface area (Å²) in [6.07, 6.45) is 1.06. The summed E-state index contributed by atoms with van der Waals surface area (Å²) in [4.78, 5) is 0. The van der Waals surface area contributed by atoms with Gasteiger partial charge in [-0.05, 0) is 26.1 Å². The Balaban J connectivity index is 2.74. The molecule has 1 heterocycles. The van der Waals surface area contributed by atoms with Gasteiger partial charge in [-0.2, -0.15) is 5.10 Å². The van der Waals surface area contributed by atoms with Gasteiger partial charge in [-0.15, -0.1) is 0 Å². The van der Waals surface area contributed by atoms with Gasteiger partial charge < -0.3 is 9.30 Å². The van der Waals surface area contributed by atoms with Gasteiger partial charge >= 0.3 is 0 Å². The first-order valence-electron chi connectivity index (χ1n) is 4.94. The SMILES string of the molecule is CCOC(C)Cn1c(CC)n[nH]c1=S. The molecule has 0 amide bonds. The molecule has 0 radical (unpaired) electrons. The Morgan fingerprint density at radius 3 is 2.86 bits per heavy atom. The van der Waals surface area contributed by atoms with Crippen LogP contribution in [0.2, 0.25) is 0 Å². The molecule has 0 bridgehead atoms. The second-order valence-corrected chi connectivity index (χ2v) is 3.56. The van der Waals surface area contributed by atoms with Crippen molar-refractivity contribution >= 4 is 12.2 Å². The van der Waals surface area contributed by atoms with Crippen LogP contribution in [-0.2, 0) is 17.7 Å². The highest BCUT2D eigenvalue weighted by Gasteiger charge is 2.08. The minimum Gasteiger partial charge on any atom is -0.377 e. The van der Waals surface area contributed by atoms with Gasteiger partial charge in [0.15, 0.2) is 4.77 Å². The van der Waals surface area contributed by atoms with Gasteiger partial charge in [0.1, 0.15) is 5.82 Å². The molecule has 5 heteroatoms. The number of hydrogen-bond donors (Lipinski definition) is 1. The van der Waals surface area contributed by atoms with Crippen molar-refractivity contribution in [2.45, 2.75) is 39.8 Å². The number of H-pyrrole nitrogens is 1. The van der Waals surface area contributed by atoms with Gasteiger partial charge in [-0.25, -0.2) is 0 Å². The van der Waals surface area contributed by atoms with E-state index in [2.05, 4.69) is 17.1 Å². The van der Waals surface area contributed by atoms with Crippen molar-refractivity contribution in [2.24, 2.45) is 0 Å². The molecule has 4 nitrogen and oxygen atoms in total. The van der Waals surface area contributed by atoms with Gasteiger partial charge in [-0.1, -0.05) is 6.92 Å². The first-order valence-corrected chi connectivity index (χ1v) is 5.35. The number of aromatic nitrogens is 3. The van der Waals surface area contributed by atoms with Crippen LogP contribution in [0.15, 0.2) is 0 Å². The molecule has 1 N–H and O–H groups in total. The summed E-state index contributed by atoms with van der Waals surface area (Å²) >= 11 is 5.13. The highest BCUT2D eigenvalue weighted by Crippen LogP contribution is 2.03. The topological polar surface area (TPSA) is 42.8 Å². The smallest absolute Gasteiger partial charge is 0.195 e. The van der Waals surface area contributed by atoms with E-state index in [1.165, 1.54) is 0 Å². The Kier molecular flexibility index (Phi) is 4.28. The number of aromatic amines is 1. The predicted octanol–water partition coefficient (Wildman–Crippen LogP) is 1.93. The third kappa shape index (κ3) is 2.65. The van der Waals surface area contributed by atoms with E-state index in [0.717, 1.165) is 25.4 Å². The quantitative estimate of drug-likeness (QED) is 0.763. The van der Waals surface area contributed by atoms with Crippen LogP contribution in [0.3, 0.4) is 0 Å². The maximum atomic E-state index is 5.46. The third-order valence-electron chi connectivity index (χ3n) is 2.04. The fourth-order valence-corrected chi connectivity index (χ4v) is 1.63. The molecular weight excluding hydrogens is 198 g/mol. The normalized spacial score (nSPS) is 13.1. The number of hydrogen-bond acceptors (Lipinski definition) is 3. The lowest BCUT2D eigenvalue weighted by molar-refractivity contribution is 0.0631. The maximum absolute atomic E-state index is 5.46. The monoisotopic (exact) mass is 215 g/mol. The molecule has 0 saturated carbocycles. The third-order valence-corrected chi connectivity index (χ3v) is 2.36. The lowest BCUT2D eigenvalue weighted by Gasteiger charge is -2.13. The predicted molar refractivity (Wildman–Crippen MR) is 57.9 cm³/mol. The van der Waals surface area contributed by atoms with Crippen molar-refractivity contribution in [3.63, 3.8) is 0 Å². The standard InChI is InChI=1S/C9H17N3OS/c1-4-8-10-11-9(14)12(8)6-7(3)13-5-2/h7H,4-6H2,1-3H3,(H,11,14). The molecule has 1 aromatic heterocycles. The van der Waals surface area contributed by atoms with E-state index < -0.39 is 0 Å². The van der Waals surface area contributed by atoms with Crippen LogP contribution in [0.4, 0.5) is 0 Å². The average Bonchev–Trinajstić information content (AvgIpc) is 2.48. The summed E-state index contributed by atoms with van der Waals surface area (Å²) in [6.45, 7) is 7.59. The van der Waals surface area contributed by atoms with Crippen LogP contribution in [0.25, 0.3) is 0 Å². The molecule has 1 unspecified atom stereocenters. The highest BCUT2D eigenvalue weighted by molar-refractivity contribution is 7.71. The lowest BCUT2D eigenvalue weighted by atomic mass is 10.3. The largest absolute Gasteiger partial charge is 0.377 e. The summed E-state index contributed by atoms with van der Waals surface area (Å²) in [5.74, 6) is 0.988. The Hall–Kier alpha value is -0.680. The molecule has 1 rings (SSSR count). The van der Waals surface area contributed by atoms with Crippen molar-refractivity contribution in [3.05, 3.63) is 10.6 Å². The molecule has 0 aromatic carbocycles. The summed E-state index contributed by atoms with van der Waals surface area (Å²) in [6, 6.07) is 0. The second kappa shape index (κ2) is 5.26. The summed E-state index contributed by atoms with van der Waals surface area (Å²) < 4.78 is 8.13. The first-order chi connectivity index (χ1) is 6.69. The number of ether oxygens (including phenoxy) is 1. The molecule has 80 valence electrons. The van der Waals surface area contributed by atoms with Crippen molar-refractivity contribution in [1.82, 2.24) is 14.8 Å². The Bertz CT molecular complexity index is 331. The van der Waals surface area contributed by atoms with E-state index in [0.29, 0.717) is 4.77 Å². The van der Waals surface area contributed by atoms with Crippen LogP contribution < -0.4 is 0 Å². The van der Waals surface area contributed by atoms with E-state index >= 15 is 0 Å². The van der Waals surface area contributed by atoms with Crippen molar-refractivity contribution < 1.29 is 4.74 Å². The van der Waals surface area contributed by atoms with Crippen molar-refractivity contribution in [3.8, 4) is 0 Å². The molecule has 1 atom stereocenters. The van der Waals surface area contributed by atoms with Gasteiger partial charge in [0, 0.05) is 13.0 Å². The number of nitrogens with one attached hydrogen (secondary N) is 1. The van der Waals surface area contributed by atoms with Gasteiger partial charge in [0.2, 0.25) is 0 Å². The molecule has 14 heavy (non-hydrogen) atoms. The van der Waals surface area contributed by atoms with Gasteiger partial charge in [-0.3, -0.25) is 5.10 Å². The molecule has 0 saturated heterocycles. The Morgan fingerprint density at radius 2 is 2.29 bits per heavy atom. The number of aryl methyl sites for hydroxylation is 1.